The summed E-state index contributed by atoms with van der Waals surface area (Å²) in [5, 5.41) is 14.2. The predicted octanol–water partition coefficient (Wildman–Crippen LogP) is 4.92. The van der Waals surface area contributed by atoms with Crippen molar-refractivity contribution in [2.24, 2.45) is 0 Å². The van der Waals surface area contributed by atoms with Gasteiger partial charge in [-0.3, -0.25) is 4.90 Å². The number of fused-ring (bicyclic) bond motifs is 1. The number of aromatic amines is 1. The summed E-state index contributed by atoms with van der Waals surface area (Å²) >= 11 is 6.52. The van der Waals surface area contributed by atoms with E-state index < -0.39 is 0 Å². The van der Waals surface area contributed by atoms with Gasteiger partial charge in [0.1, 0.15) is 5.75 Å². The Labute approximate surface area is 215 Å². The van der Waals surface area contributed by atoms with Gasteiger partial charge in [-0.15, -0.1) is 0 Å². The van der Waals surface area contributed by atoms with Crippen LogP contribution in [0.2, 0.25) is 5.02 Å². The molecule has 0 unspecified atom stereocenters. The number of piperazine rings is 1. The summed E-state index contributed by atoms with van der Waals surface area (Å²) in [6.07, 6.45) is 3.60. The first-order valence-corrected chi connectivity index (χ1v) is 12.6. The van der Waals surface area contributed by atoms with Gasteiger partial charge in [0.25, 0.3) is 0 Å². The van der Waals surface area contributed by atoms with Crippen molar-refractivity contribution in [1.29, 1.82) is 0 Å². The first kappa shape index (κ1) is 24.4. The largest absolute Gasteiger partial charge is 0.491 e. The fraction of sp³-hybridized carbons (Fsp3) is 0.333. The van der Waals surface area contributed by atoms with Crippen LogP contribution in [-0.2, 0) is 0 Å². The van der Waals surface area contributed by atoms with Gasteiger partial charge in [-0.05, 0) is 26.0 Å². The van der Waals surface area contributed by atoms with Gasteiger partial charge in [-0.2, -0.15) is 0 Å². The molecule has 0 spiro atoms. The van der Waals surface area contributed by atoms with Crippen LogP contribution in [0.5, 0.6) is 5.75 Å². The summed E-state index contributed by atoms with van der Waals surface area (Å²) in [5.41, 5.74) is 4.54. The van der Waals surface area contributed by atoms with Crippen molar-refractivity contribution in [3.05, 3.63) is 59.9 Å². The van der Waals surface area contributed by atoms with Gasteiger partial charge in [0.2, 0.25) is 5.95 Å². The molecule has 0 radical (unpaired) electrons. The van der Waals surface area contributed by atoms with E-state index in [4.69, 9.17) is 21.3 Å². The van der Waals surface area contributed by atoms with Crippen molar-refractivity contribution in [2.75, 3.05) is 49.5 Å². The maximum atomic E-state index is 9.25. The van der Waals surface area contributed by atoms with E-state index in [0.717, 1.165) is 59.8 Å². The van der Waals surface area contributed by atoms with Crippen molar-refractivity contribution in [3.63, 3.8) is 0 Å². The number of para-hydroxylation sites is 1. The first-order chi connectivity index (χ1) is 17.5. The molecule has 1 saturated heterocycles. The number of benzene rings is 2. The van der Waals surface area contributed by atoms with Crippen LogP contribution >= 0.6 is 11.6 Å². The van der Waals surface area contributed by atoms with Crippen LogP contribution in [0.25, 0.3) is 22.2 Å². The number of ether oxygens (including phenoxy) is 1. The van der Waals surface area contributed by atoms with Crippen molar-refractivity contribution >= 4 is 39.8 Å². The summed E-state index contributed by atoms with van der Waals surface area (Å²) in [6.45, 7) is 8.52. The molecule has 3 heterocycles. The van der Waals surface area contributed by atoms with E-state index in [0.29, 0.717) is 23.2 Å². The summed E-state index contributed by atoms with van der Waals surface area (Å²) in [6, 6.07) is 14.2. The molecule has 188 valence electrons. The molecule has 1 aliphatic rings. The molecule has 0 bridgehead atoms. The lowest BCUT2D eigenvalue weighted by Gasteiger charge is -2.36. The Morgan fingerprint density at radius 3 is 2.72 bits per heavy atom. The van der Waals surface area contributed by atoms with E-state index >= 15 is 0 Å². The Kier molecular flexibility index (Phi) is 7.27. The molecule has 2 aromatic carbocycles. The molecule has 0 saturated carbocycles. The number of nitrogens with zero attached hydrogens (tertiary/aromatic N) is 4. The number of H-pyrrole nitrogens is 1. The van der Waals surface area contributed by atoms with Gasteiger partial charge in [0, 0.05) is 78.9 Å². The average molecular weight is 507 g/mol. The predicted molar refractivity (Wildman–Crippen MR) is 146 cm³/mol. The van der Waals surface area contributed by atoms with Crippen LogP contribution in [0.15, 0.2) is 54.9 Å². The molecule has 0 amide bonds. The van der Waals surface area contributed by atoms with Crippen LogP contribution in [0.3, 0.4) is 0 Å². The average Bonchev–Trinajstić information content (AvgIpc) is 3.29. The van der Waals surface area contributed by atoms with Crippen LogP contribution in [0.1, 0.15) is 13.8 Å². The number of hydrogen-bond acceptors (Lipinski definition) is 7. The zero-order chi connectivity index (χ0) is 25.1. The number of nitrogens with one attached hydrogen (secondary N) is 2. The summed E-state index contributed by atoms with van der Waals surface area (Å²) in [5.74, 6) is 1.24. The normalized spacial score (nSPS) is 14.5. The fourth-order valence-corrected chi connectivity index (χ4v) is 4.76. The molecule has 1 aliphatic heterocycles. The number of aliphatic hydroxyl groups is 1. The highest BCUT2D eigenvalue weighted by Gasteiger charge is 2.19. The Morgan fingerprint density at radius 2 is 1.94 bits per heavy atom. The van der Waals surface area contributed by atoms with Gasteiger partial charge < -0.3 is 25.0 Å². The van der Waals surface area contributed by atoms with E-state index in [1.54, 1.807) is 6.20 Å². The molecule has 9 heteroatoms. The zero-order valence-electron chi connectivity index (χ0n) is 20.5. The Bertz CT molecular complexity index is 1330. The minimum absolute atomic E-state index is 0.0507. The molecule has 2 aromatic heterocycles. The van der Waals surface area contributed by atoms with Crippen LogP contribution in [-0.4, -0.2) is 70.4 Å². The Hall–Kier alpha value is -3.33. The summed E-state index contributed by atoms with van der Waals surface area (Å²) < 4.78 is 6.06. The molecule has 5 rings (SSSR count). The first-order valence-electron chi connectivity index (χ1n) is 12.3. The van der Waals surface area contributed by atoms with Crippen molar-refractivity contribution < 1.29 is 9.84 Å². The van der Waals surface area contributed by atoms with Crippen molar-refractivity contribution in [3.8, 4) is 17.0 Å². The highest BCUT2D eigenvalue weighted by atomic mass is 35.5. The van der Waals surface area contributed by atoms with E-state index in [-0.39, 0.29) is 12.7 Å². The molecule has 3 N–H and O–H groups in total. The molecule has 0 atom stereocenters. The van der Waals surface area contributed by atoms with Crippen molar-refractivity contribution in [2.45, 2.75) is 20.0 Å². The Balaban J connectivity index is 1.43. The number of aliphatic hydroxyl groups excluding tert-OH is 1. The maximum absolute atomic E-state index is 9.25. The number of hydrogen-bond donors (Lipinski definition) is 3. The Morgan fingerprint density at radius 1 is 1.14 bits per heavy atom. The van der Waals surface area contributed by atoms with Crippen LogP contribution in [0.4, 0.5) is 17.3 Å². The molecular weight excluding hydrogens is 476 g/mol. The SMILES string of the molecule is CC(C)Oc1cc(Nc2ncc(Cl)c(-c3c[nH]c4ccccc34)n2)cc(N2CCN(CCO)CC2)c1. The maximum Gasteiger partial charge on any atom is 0.227 e. The number of rotatable bonds is 8. The van der Waals surface area contributed by atoms with E-state index in [9.17, 15) is 5.11 Å². The van der Waals surface area contributed by atoms with E-state index in [2.05, 4.69) is 37.2 Å². The summed E-state index contributed by atoms with van der Waals surface area (Å²) in [4.78, 5) is 17.1. The van der Waals surface area contributed by atoms with Crippen LogP contribution in [0, 0.1) is 0 Å². The fourth-order valence-electron chi connectivity index (χ4n) is 4.56. The highest BCUT2D eigenvalue weighted by Crippen LogP contribution is 2.34. The van der Waals surface area contributed by atoms with E-state index in [1.807, 2.05) is 50.4 Å². The third kappa shape index (κ3) is 5.41. The third-order valence-electron chi connectivity index (χ3n) is 6.26. The molecule has 0 aliphatic carbocycles. The van der Waals surface area contributed by atoms with Gasteiger partial charge in [0.15, 0.2) is 0 Å². The third-order valence-corrected chi connectivity index (χ3v) is 6.54. The van der Waals surface area contributed by atoms with Gasteiger partial charge in [-0.25, -0.2) is 9.97 Å². The second-order valence-electron chi connectivity index (χ2n) is 9.20. The van der Waals surface area contributed by atoms with Gasteiger partial charge in [0.05, 0.1) is 29.6 Å². The lowest BCUT2D eigenvalue weighted by atomic mass is 10.1. The monoisotopic (exact) mass is 506 g/mol. The summed E-state index contributed by atoms with van der Waals surface area (Å²) in [7, 11) is 0. The standard InChI is InChI=1S/C27H31ClN6O2/c1-18(2)36-21-14-19(13-20(15-21)34-9-7-33(8-10-34)11-12-35)31-27-30-17-24(28)26(32-27)23-16-29-25-6-4-3-5-22(23)25/h3-6,13-18,29,35H,7-12H2,1-2H3,(H,30,31,32). The highest BCUT2D eigenvalue weighted by molar-refractivity contribution is 6.33. The lowest BCUT2D eigenvalue weighted by Crippen LogP contribution is -2.47. The minimum Gasteiger partial charge on any atom is -0.491 e. The topological polar surface area (TPSA) is 89.5 Å². The second kappa shape index (κ2) is 10.7. The lowest BCUT2D eigenvalue weighted by molar-refractivity contribution is 0.188. The van der Waals surface area contributed by atoms with Crippen molar-refractivity contribution in [1.82, 2.24) is 19.9 Å². The van der Waals surface area contributed by atoms with Crippen LogP contribution < -0.4 is 15.0 Å². The minimum atomic E-state index is 0.0507. The molecule has 4 aromatic rings. The smallest absolute Gasteiger partial charge is 0.227 e. The molecule has 1 fully saturated rings. The quantitative estimate of drug-likeness (QED) is 0.312. The number of aromatic nitrogens is 3. The second-order valence-corrected chi connectivity index (χ2v) is 9.60. The molecule has 8 nitrogen and oxygen atoms in total. The number of anilines is 3. The molecular formula is C27H31ClN6O2. The zero-order valence-corrected chi connectivity index (χ0v) is 21.3. The van der Waals surface area contributed by atoms with Gasteiger partial charge >= 0.3 is 0 Å². The van der Waals surface area contributed by atoms with Gasteiger partial charge in [-0.1, -0.05) is 29.8 Å². The number of halogens is 1. The number of β-amino-alcohol motifs (C(OH)–C–C–N with tert-alkyl or cyclic N) is 1. The molecule has 36 heavy (non-hydrogen) atoms. The van der Waals surface area contributed by atoms with E-state index in [1.165, 1.54) is 0 Å².